The van der Waals surface area contributed by atoms with E-state index in [1.165, 1.54) is 12.8 Å². The molecular formula is C9H11IN2O. The summed E-state index contributed by atoms with van der Waals surface area (Å²) in [6, 6.07) is 0. The Morgan fingerprint density at radius 2 is 2.31 bits per heavy atom. The normalized spacial score (nSPS) is 15.8. The zero-order valence-corrected chi connectivity index (χ0v) is 9.32. The van der Waals surface area contributed by atoms with Gasteiger partial charge in [-0.05, 0) is 35.4 Å². The first-order chi connectivity index (χ1) is 6.31. The Morgan fingerprint density at radius 3 is 2.92 bits per heavy atom. The zero-order valence-electron chi connectivity index (χ0n) is 7.16. The average Bonchev–Trinajstić information content (AvgIpc) is 2.92. The van der Waals surface area contributed by atoms with Gasteiger partial charge in [0.25, 0.3) is 0 Å². The number of aromatic nitrogens is 1. The predicted octanol–water partition coefficient (Wildman–Crippen LogP) is 1.69. The molecule has 1 aromatic rings. The van der Waals surface area contributed by atoms with E-state index in [1.807, 2.05) is 0 Å². The van der Waals surface area contributed by atoms with Crippen LogP contribution in [0.5, 0.6) is 5.75 Å². The van der Waals surface area contributed by atoms with Crippen LogP contribution in [0.3, 0.4) is 0 Å². The van der Waals surface area contributed by atoms with E-state index in [-0.39, 0.29) is 0 Å². The molecule has 1 saturated carbocycles. The van der Waals surface area contributed by atoms with E-state index >= 15 is 0 Å². The quantitative estimate of drug-likeness (QED) is 0.862. The van der Waals surface area contributed by atoms with E-state index in [2.05, 4.69) is 27.6 Å². The third-order valence-corrected chi connectivity index (χ3v) is 3.18. The summed E-state index contributed by atoms with van der Waals surface area (Å²) in [6.07, 6.45) is 6.32. The van der Waals surface area contributed by atoms with Crippen molar-refractivity contribution < 1.29 is 4.74 Å². The van der Waals surface area contributed by atoms with Crippen molar-refractivity contribution in [2.75, 3.05) is 0 Å². The van der Waals surface area contributed by atoms with Gasteiger partial charge in [0.05, 0.1) is 15.9 Å². The molecule has 1 aliphatic carbocycles. The Kier molecular flexibility index (Phi) is 2.69. The second-order valence-corrected chi connectivity index (χ2v) is 4.21. The number of ether oxygens (including phenoxy) is 1. The van der Waals surface area contributed by atoms with Crippen molar-refractivity contribution in [3.63, 3.8) is 0 Å². The fourth-order valence-corrected chi connectivity index (χ4v) is 1.68. The Morgan fingerprint density at radius 1 is 1.54 bits per heavy atom. The molecule has 0 saturated heterocycles. The van der Waals surface area contributed by atoms with Gasteiger partial charge in [0.1, 0.15) is 0 Å². The summed E-state index contributed by atoms with van der Waals surface area (Å²) < 4.78 is 6.77. The van der Waals surface area contributed by atoms with Crippen LogP contribution >= 0.6 is 22.6 Å². The molecule has 2 N–H and O–H groups in total. The molecule has 0 spiro atoms. The van der Waals surface area contributed by atoms with E-state index in [4.69, 9.17) is 10.5 Å². The first kappa shape index (κ1) is 9.21. The summed E-state index contributed by atoms with van der Waals surface area (Å²) in [6.45, 7) is 0.521. The smallest absolute Gasteiger partial charge is 0.151 e. The lowest BCUT2D eigenvalue weighted by atomic mass is 10.3. The summed E-state index contributed by atoms with van der Waals surface area (Å²) in [7, 11) is 0. The predicted molar refractivity (Wildman–Crippen MR) is 58.5 cm³/mol. The maximum absolute atomic E-state index is 5.67. The molecule has 0 unspecified atom stereocenters. The molecule has 3 nitrogen and oxygen atoms in total. The maximum atomic E-state index is 5.67. The summed E-state index contributed by atoms with van der Waals surface area (Å²) in [5.41, 5.74) is 6.62. The number of hydrogen-bond acceptors (Lipinski definition) is 3. The van der Waals surface area contributed by atoms with Crippen LogP contribution in [-0.2, 0) is 6.54 Å². The van der Waals surface area contributed by atoms with Gasteiger partial charge in [-0.1, -0.05) is 0 Å². The molecule has 13 heavy (non-hydrogen) atoms. The number of nitrogens with two attached hydrogens (primary N) is 1. The topological polar surface area (TPSA) is 48.1 Å². The molecule has 70 valence electrons. The molecule has 0 atom stereocenters. The molecule has 0 aromatic carbocycles. The monoisotopic (exact) mass is 290 g/mol. The molecular weight excluding hydrogens is 279 g/mol. The SMILES string of the molecule is NCc1cncc(OC2CC2)c1I. The molecule has 0 bridgehead atoms. The Bertz CT molecular complexity index is 312. The molecule has 0 aliphatic heterocycles. The van der Waals surface area contributed by atoms with Gasteiger partial charge in [0, 0.05) is 18.3 Å². The standard InChI is InChI=1S/C9H11IN2O/c10-9-6(3-11)4-12-5-8(9)13-7-1-2-7/h4-5,7H,1-3,11H2. The minimum Gasteiger partial charge on any atom is -0.488 e. The van der Waals surface area contributed by atoms with Crippen LogP contribution in [-0.4, -0.2) is 11.1 Å². The molecule has 1 heterocycles. The van der Waals surface area contributed by atoms with Gasteiger partial charge in [0.15, 0.2) is 5.75 Å². The second kappa shape index (κ2) is 3.79. The van der Waals surface area contributed by atoms with Crippen LogP contribution in [0.15, 0.2) is 12.4 Å². The van der Waals surface area contributed by atoms with Crippen LogP contribution in [0, 0.1) is 3.57 Å². The Balaban J connectivity index is 2.22. The molecule has 1 aliphatic rings. The first-order valence-corrected chi connectivity index (χ1v) is 5.38. The van der Waals surface area contributed by atoms with Crippen molar-refractivity contribution in [2.24, 2.45) is 5.73 Å². The minimum absolute atomic E-state index is 0.420. The maximum Gasteiger partial charge on any atom is 0.151 e. The molecule has 1 fully saturated rings. The van der Waals surface area contributed by atoms with Crippen molar-refractivity contribution in [3.05, 3.63) is 21.5 Å². The zero-order chi connectivity index (χ0) is 9.26. The molecule has 0 amide bonds. The lowest BCUT2D eigenvalue weighted by molar-refractivity contribution is 0.299. The summed E-state index contributed by atoms with van der Waals surface area (Å²) in [5.74, 6) is 0.881. The Labute approximate surface area is 90.8 Å². The second-order valence-electron chi connectivity index (χ2n) is 3.13. The van der Waals surface area contributed by atoms with Crippen molar-refractivity contribution in [1.82, 2.24) is 4.98 Å². The van der Waals surface area contributed by atoms with E-state index < -0.39 is 0 Å². The highest BCUT2D eigenvalue weighted by Gasteiger charge is 2.24. The number of nitrogens with zero attached hydrogens (tertiary/aromatic N) is 1. The van der Waals surface area contributed by atoms with Gasteiger partial charge in [-0.3, -0.25) is 4.98 Å². The van der Waals surface area contributed by atoms with E-state index in [1.54, 1.807) is 12.4 Å². The third-order valence-electron chi connectivity index (χ3n) is 1.96. The van der Waals surface area contributed by atoms with Crippen LogP contribution < -0.4 is 10.5 Å². The molecule has 2 rings (SSSR count). The van der Waals surface area contributed by atoms with E-state index in [0.29, 0.717) is 12.6 Å². The van der Waals surface area contributed by atoms with Crippen LogP contribution in [0.4, 0.5) is 0 Å². The average molecular weight is 290 g/mol. The highest BCUT2D eigenvalue weighted by molar-refractivity contribution is 14.1. The van der Waals surface area contributed by atoms with Crippen molar-refractivity contribution in [3.8, 4) is 5.75 Å². The van der Waals surface area contributed by atoms with Gasteiger partial charge in [-0.15, -0.1) is 0 Å². The van der Waals surface area contributed by atoms with E-state index in [0.717, 1.165) is 14.9 Å². The summed E-state index contributed by atoms with van der Waals surface area (Å²) >= 11 is 2.26. The fraction of sp³-hybridized carbons (Fsp3) is 0.444. The number of pyridine rings is 1. The molecule has 0 radical (unpaired) electrons. The van der Waals surface area contributed by atoms with Crippen molar-refractivity contribution in [2.45, 2.75) is 25.5 Å². The minimum atomic E-state index is 0.420. The summed E-state index contributed by atoms with van der Waals surface area (Å²) in [4.78, 5) is 4.09. The third kappa shape index (κ3) is 2.11. The van der Waals surface area contributed by atoms with Crippen molar-refractivity contribution >= 4 is 22.6 Å². The Hall–Kier alpha value is -0.360. The number of hydrogen-bond donors (Lipinski definition) is 1. The summed E-state index contributed by atoms with van der Waals surface area (Å²) in [5, 5.41) is 0. The van der Waals surface area contributed by atoms with Gasteiger partial charge < -0.3 is 10.5 Å². The lowest BCUT2D eigenvalue weighted by Gasteiger charge is -2.08. The fourth-order valence-electron chi connectivity index (χ4n) is 1.06. The van der Waals surface area contributed by atoms with Gasteiger partial charge >= 0.3 is 0 Å². The van der Waals surface area contributed by atoms with Gasteiger partial charge in [-0.25, -0.2) is 0 Å². The molecule has 1 aromatic heterocycles. The molecule has 4 heteroatoms. The van der Waals surface area contributed by atoms with Gasteiger partial charge in [0.2, 0.25) is 0 Å². The van der Waals surface area contributed by atoms with Gasteiger partial charge in [-0.2, -0.15) is 0 Å². The first-order valence-electron chi connectivity index (χ1n) is 4.30. The van der Waals surface area contributed by atoms with Crippen LogP contribution in [0.2, 0.25) is 0 Å². The van der Waals surface area contributed by atoms with Crippen LogP contribution in [0.25, 0.3) is 0 Å². The van der Waals surface area contributed by atoms with Crippen molar-refractivity contribution in [1.29, 1.82) is 0 Å². The highest BCUT2D eigenvalue weighted by Crippen LogP contribution is 2.30. The number of halogens is 1. The van der Waals surface area contributed by atoms with E-state index in [9.17, 15) is 0 Å². The van der Waals surface area contributed by atoms with Crippen LogP contribution in [0.1, 0.15) is 18.4 Å². The lowest BCUT2D eigenvalue weighted by Crippen LogP contribution is -2.04. The highest BCUT2D eigenvalue weighted by atomic mass is 127. The number of rotatable bonds is 3. The largest absolute Gasteiger partial charge is 0.488 e.